The summed E-state index contributed by atoms with van der Waals surface area (Å²) >= 11 is 0. The van der Waals surface area contributed by atoms with Crippen LogP contribution in [-0.2, 0) is 19.0 Å². The van der Waals surface area contributed by atoms with Crippen molar-refractivity contribution in [1.29, 1.82) is 0 Å². The van der Waals surface area contributed by atoms with Crippen molar-refractivity contribution in [1.82, 2.24) is 4.90 Å². The van der Waals surface area contributed by atoms with Crippen LogP contribution in [0.4, 0.5) is 0 Å². The van der Waals surface area contributed by atoms with Gasteiger partial charge in [0.25, 0.3) is 0 Å². The summed E-state index contributed by atoms with van der Waals surface area (Å²) in [5, 5.41) is 0. The highest BCUT2D eigenvalue weighted by Crippen LogP contribution is 2.36. The molecule has 3 rings (SSSR count). The van der Waals surface area contributed by atoms with E-state index in [1.54, 1.807) is 0 Å². The van der Waals surface area contributed by atoms with E-state index in [1.807, 2.05) is 4.90 Å². The molecule has 0 bridgehead atoms. The summed E-state index contributed by atoms with van der Waals surface area (Å²) in [5.41, 5.74) is 0. The molecular formula is C14H23NO4. The molecule has 0 N–H and O–H groups in total. The van der Waals surface area contributed by atoms with Crippen molar-refractivity contribution in [2.24, 2.45) is 0 Å². The smallest absolute Gasteiger partial charge is 0.248 e. The lowest BCUT2D eigenvalue weighted by molar-refractivity contribution is -0.192. The Labute approximate surface area is 114 Å². The number of rotatable bonds is 3. The molecule has 0 radical (unpaired) electrons. The van der Waals surface area contributed by atoms with E-state index < -0.39 is 0 Å². The van der Waals surface area contributed by atoms with Crippen molar-refractivity contribution in [3.63, 3.8) is 0 Å². The summed E-state index contributed by atoms with van der Waals surface area (Å²) in [7, 11) is 0. The van der Waals surface area contributed by atoms with Gasteiger partial charge >= 0.3 is 0 Å². The topological polar surface area (TPSA) is 48.0 Å². The van der Waals surface area contributed by atoms with E-state index in [1.165, 1.54) is 0 Å². The van der Waals surface area contributed by atoms with Gasteiger partial charge in [0.2, 0.25) is 5.91 Å². The van der Waals surface area contributed by atoms with Gasteiger partial charge in [0, 0.05) is 25.9 Å². The van der Waals surface area contributed by atoms with Gasteiger partial charge in [0.05, 0.1) is 19.3 Å². The summed E-state index contributed by atoms with van der Waals surface area (Å²) in [4.78, 5) is 13.8. The van der Waals surface area contributed by atoms with Gasteiger partial charge in [-0.25, -0.2) is 0 Å². The van der Waals surface area contributed by atoms with E-state index >= 15 is 0 Å². The van der Waals surface area contributed by atoms with Crippen LogP contribution in [0, 0.1) is 0 Å². The average Bonchev–Trinajstić information content (AvgIpc) is 3.09. The summed E-state index contributed by atoms with van der Waals surface area (Å²) in [6.07, 6.45) is 6.06. The zero-order chi connectivity index (χ0) is 13.1. The first-order valence-electron chi connectivity index (χ1n) is 7.45. The fourth-order valence-electron chi connectivity index (χ4n) is 3.23. The summed E-state index contributed by atoms with van der Waals surface area (Å²) in [6, 6.07) is 0. The largest absolute Gasteiger partial charge is 0.368 e. The number of hydrogen-bond donors (Lipinski definition) is 0. The number of ether oxygens (including phenoxy) is 3. The maximum atomic E-state index is 11.9. The van der Waals surface area contributed by atoms with Gasteiger partial charge in [-0.2, -0.15) is 0 Å². The third-order valence-electron chi connectivity index (χ3n) is 4.41. The van der Waals surface area contributed by atoms with Crippen molar-refractivity contribution in [3.05, 3.63) is 0 Å². The second-order valence-corrected chi connectivity index (χ2v) is 5.71. The van der Waals surface area contributed by atoms with Crippen molar-refractivity contribution < 1.29 is 19.0 Å². The lowest BCUT2D eigenvalue weighted by Gasteiger charge is -2.35. The first kappa shape index (κ1) is 13.3. The molecule has 0 unspecified atom stereocenters. The van der Waals surface area contributed by atoms with Crippen molar-refractivity contribution in [2.45, 2.75) is 50.4 Å². The molecule has 19 heavy (non-hydrogen) atoms. The lowest BCUT2D eigenvalue weighted by atomic mass is 9.92. The molecule has 0 aromatic rings. The zero-order valence-corrected chi connectivity index (χ0v) is 11.4. The van der Waals surface area contributed by atoms with Gasteiger partial charge < -0.3 is 19.1 Å². The van der Waals surface area contributed by atoms with E-state index in [2.05, 4.69) is 0 Å². The monoisotopic (exact) mass is 269 g/mol. The Hall–Kier alpha value is -0.650. The van der Waals surface area contributed by atoms with Crippen molar-refractivity contribution in [2.75, 3.05) is 32.9 Å². The van der Waals surface area contributed by atoms with E-state index in [4.69, 9.17) is 14.2 Å². The molecule has 0 atom stereocenters. The molecule has 1 spiro atoms. The molecule has 1 amide bonds. The van der Waals surface area contributed by atoms with Gasteiger partial charge in [0.1, 0.15) is 6.61 Å². The van der Waals surface area contributed by atoms with E-state index in [0.717, 1.165) is 51.6 Å². The Kier molecular flexibility index (Phi) is 4.05. The third kappa shape index (κ3) is 3.09. The highest BCUT2D eigenvalue weighted by atomic mass is 16.7. The summed E-state index contributed by atoms with van der Waals surface area (Å²) < 4.78 is 17.1. The highest BCUT2D eigenvalue weighted by Gasteiger charge is 2.40. The average molecular weight is 269 g/mol. The number of carbonyl (C=O) groups is 1. The lowest BCUT2D eigenvalue weighted by Crippen LogP contribution is -2.39. The number of amides is 1. The number of nitrogens with zero attached hydrogens (tertiary/aromatic N) is 1. The minimum atomic E-state index is -0.335. The summed E-state index contributed by atoms with van der Waals surface area (Å²) in [5.74, 6) is -0.190. The molecular weight excluding hydrogens is 246 g/mol. The van der Waals surface area contributed by atoms with E-state index in [9.17, 15) is 4.79 Å². The molecule has 5 heteroatoms. The Morgan fingerprint density at radius 3 is 2.42 bits per heavy atom. The van der Waals surface area contributed by atoms with Crippen LogP contribution in [0.1, 0.15) is 38.5 Å². The minimum absolute atomic E-state index is 0.145. The van der Waals surface area contributed by atoms with Crippen LogP contribution in [-0.4, -0.2) is 55.6 Å². The second-order valence-electron chi connectivity index (χ2n) is 5.71. The van der Waals surface area contributed by atoms with Gasteiger partial charge in [0.15, 0.2) is 5.79 Å². The molecule has 5 nitrogen and oxygen atoms in total. The molecule has 1 aliphatic carbocycles. The molecule has 1 saturated carbocycles. The molecule has 2 aliphatic heterocycles. The summed E-state index contributed by atoms with van der Waals surface area (Å²) in [6.45, 7) is 3.45. The zero-order valence-electron chi connectivity index (χ0n) is 11.4. The van der Waals surface area contributed by atoms with Crippen LogP contribution < -0.4 is 0 Å². The Morgan fingerprint density at radius 1 is 1.16 bits per heavy atom. The molecule has 108 valence electrons. The van der Waals surface area contributed by atoms with Crippen LogP contribution in [0.5, 0.6) is 0 Å². The number of carbonyl (C=O) groups excluding carboxylic acids is 1. The Morgan fingerprint density at radius 2 is 1.79 bits per heavy atom. The van der Waals surface area contributed by atoms with Crippen LogP contribution >= 0.6 is 0 Å². The second kappa shape index (κ2) is 5.77. The maximum absolute atomic E-state index is 11.9. The van der Waals surface area contributed by atoms with Gasteiger partial charge in [-0.05, 0) is 25.7 Å². The molecule has 3 fully saturated rings. The first-order valence-corrected chi connectivity index (χ1v) is 7.45. The predicted molar refractivity (Wildman–Crippen MR) is 68.7 cm³/mol. The van der Waals surface area contributed by atoms with Crippen molar-refractivity contribution >= 4 is 5.91 Å². The quantitative estimate of drug-likeness (QED) is 0.775. The van der Waals surface area contributed by atoms with Crippen molar-refractivity contribution in [3.8, 4) is 0 Å². The normalized spacial score (nSPS) is 27.3. The van der Waals surface area contributed by atoms with Crippen LogP contribution in [0.2, 0.25) is 0 Å². The minimum Gasteiger partial charge on any atom is -0.368 e. The molecule has 2 saturated heterocycles. The highest BCUT2D eigenvalue weighted by molar-refractivity contribution is 5.77. The molecule has 2 heterocycles. The SMILES string of the molecule is O=C(COC1CCC2(CC1)OCCO2)N1CCCC1. The first-order chi connectivity index (χ1) is 9.27. The Balaban J connectivity index is 1.38. The maximum Gasteiger partial charge on any atom is 0.248 e. The molecule has 3 aliphatic rings. The fraction of sp³-hybridized carbons (Fsp3) is 0.929. The predicted octanol–water partition coefficient (Wildman–Crippen LogP) is 1.31. The number of likely N-dealkylation sites (tertiary alicyclic amines) is 1. The fourth-order valence-corrected chi connectivity index (χ4v) is 3.23. The standard InChI is InChI=1S/C14H23NO4/c16-13(15-7-1-2-8-15)11-17-12-3-5-14(6-4-12)18-9-10-19-14/h12H,1-11H2. The molecule has 0 aromatic carbocycles. The van der Waals surface area contributed by atoms with Crippen LogP contribution in [0.15, 0.2) is 0 Å². The Bertz CT molecular complexity index is 311. The van der Waals surface area contributed by atoms with Crippen LogP contribution in [0.25, 0.3) is 0 Å². The van der Waals surface area contributed by atoms with E-state index in [0.29, 0.717) is 13.2 Å². The van der Waals surface area contributed by atoms with Gasteiger partial charge in [-0.1, -0.05) is 0 Å². The number of hydrogen-bond acceptors (Lipinski definition) is 4. The van der Waals surface area contributed by atoms with Crippen LogP contribution in [0.3, 0.4) is 0 Å². The third-order valence-corrected chi connectivity index (χ3v) is 4.41. The van der Waals surface area contributed by atoms with Gasteiger partial charge in [-0.3, -0.25) is 4.79 Å². The molecule has 0 aromatic heterocycles. The van der Waals surface area contributed by atoms with Gasteiger partial charge in [-0.15, -0.1) is 0 Å². The van der Waals surface area contributed by atoms with E-state index in [-0.39, 0.29) is 24.4 Å².